The van der Waals surface area contributed by atoms with Crippen LogP contribution in [0.15, 0.2) is 22.6 Å². The minimum atomic E-state index is 0.579. The van der Waals surface area contributed by atoms with Crippen molar-refractivity contribution in [2.24, 2.45) is 0 Å². The molecule has 0 saturated carbocycles. The van der Waals surface area contributed by atoms with Gasteiger partial charge in [0.05, 0.1) is 16.6 Å². The van der Waals surface area contributed by atoms with E-state index in [-0.39, 0.29) is 0 Å². The zero-order valence-corrected chi connectivity index (χ0v) is 11.0. The number of benzene rings is 1. The van der Waals surface area contributed by atoms with Crippen LogP contribution >= 0.6 is 0 Å². The largest absolute Gasteiger partial charge is 0.466 e. The van der Waals surface area contributed by atoms with Crippen LogP contribution in [-0.4, -0.2) is 9.97 Å². The van der Waals surface area contributed by atoms with E-state index in [1.165, 1.54) is 0 Å². The fourth-order valence-corrected chi connectivity index (χ4v) is 2.38. The van der Waals surface area contributed by atoms with Gasteiger partial charge in [0.2, 0.25) is 0 Å². The molecule has 0 spiro atoms. The molecule has 0 atom stereocenters. The average molecular weight is 251 g/mol. The molecule has 3 aromatic rings. The number of nitrogens with one attached hydrogen (secondary N) is 1. The summed E-state index contributed by atoms with van der Waals surface area (Å²) in [5, 5.41) is 9.11. The highest BCUT2D eigenvalue weighted by Crippen LogP contribution is 2.31. The number of H-pyrrole nitrogens is 1. The first-order valence-corrected chi connectivity index (χ1v) is 6.07. The predicted octanol–water partition coefficient (Wildman–Crippen LogP) is 3.62. The van der Waals surface area contributed by atoms with E-state index in [1.54, 1.807) is 6.07 Å². The molecule has 0 aliphatic carbocycles. The van der Waals surface area contributed by atoms with Crippen LogP contribution in [0.25, 0.3) is 22.4 Å². The Morgan fingerprint density at radius 3 is 2.63 bits per heavy atom. The van der Waals surface area contributed by atoms with E-state index < -0.39 is 0 Å². The molecule has 0 bridgehead atoms. The van der Waals surface area contributed by atoms with Gasteiger partial charge in [0.15, 0.2) is 0 Å². The number of furan rings is 1. The lowest BCUT2D eigenvalue weighted by Gasteiger charge is -1.95. The van der Waals surface area contributed by atoms with E-state index in [0.717, 1.165) is 34.0 Å². The van der Waals surface area contributed by atoms with Gasteiger partial charge in [-0.15, -0.1) is 0 Å². The Morgan fingerprint density at radius 2 is 2.00 bits per heavy atom. The highest BCUT2D eigenvalue weighted by Gasteiger charge is 2.17. The summed E-state index contributed by atoms with van der Waals surface area (Å²) in [6.07, 6.45) is 0. The minimum absolute atomic E-state index is 0.579. The van der Waals surface area contributed by atoms with E-state index >= 15 is 0 Å². The standard InChI is InChI=1S/C15H13N3O/c1-8-9(2)19-10(3)13(8)15-17-12-6-4-5-11(7-16)14(12)18-15/h4-6H,1-3H3,(H,17,18). The van der Waals surface area contributed by atoms with Gasteiger partial charge in [-0.2, -0.15) is 5.26 Å². The van der Waals surface area contributed by atoms with Crippen molar-refractivity contribution >= 4 is 11.0 Å². The van der Waals surface area contributed by atoms with Gasteiger partial charge in [-0.25, -0.2) is 4.98 Å². The van der Waals surface area contributed by atoms with Gasteiger partial charge in [-0.05, 0) is 32.9 Å². The normalized spacial score (nSPS) is 10.8. The van der Waals surface area contributed by atoms with E-state index in [4.69, 9.17) is 9.68 Å². The van der Waals surface area contributed by atoms with Gasteiger partial charge in [0, 0.05) is 5.56 Å². The average Bonchev–Trinajstić information content (AvgIpc) is 2.90. The van der Waals surface area contributed by atoms with Gasteiger partial charge in [-0.3, -0.25) is 0 Å². The second kappa shape index (κ2) is 3.99. The van der Waals surface area contributed by atoms with E-state index in [0.29, 0.717) is 11.1 Å². The first kappa shape index (κ1) is 11.5. The zero-order valence-electron chi connectivity index (χ0n) is 11.0. The number of rotatable bonds is 1. The summed E-state index contributed by atoms with van der Waals surface area (Å²) in [5.74, 6) is 2.49. The summed E-state index contributed by atoms with van der Waals surface area (Å²) < 4.78 is 5.63. The first-order valence-electron chi connectivity index (χ1n) is 6.07. The van der Waals surface area contributed by atoms with E-state index in [1.807, 2.05) is 32.9 Å². The third kappa shape index (κ3) is 1.63. The number of aryl methyl sites for hydroxylation is 2. The van der Waals surface area contributed by atoms with Crippen LogP contribution in [0.5, 0.6) is 0 Å². The molecule has 0 unspecified atom stereocenters. The Hall–Kier alpha value is -2.54. The van der Waals surface area contributed by atoms with Crippen molar-refractivity contribution in [2.75, 3.05) is 0 Å². The van der Waals surface area contributed by atoms with E-state index in [2.05, 4.69) is 16.0 Å². The van der Waals surface area contributed by atoms with Crippen LogP contribution in [0.2, 0.25) is 0 Å². The summed E-state index contributed by atoms with van der Waals surface area (Å²) in [5.41, 5.74) is 4.22. The molecule has 2 aromatic heterocycles. The van der Waals surface area contributed by atoms with Crippen LogP contribution in [0.4, 0.5) is 0 Å². The summed E-state index contributed by atoms with van der Waals surface area (Å²) in [7, 11) is 0. The van der Waals surface area contributed by atoms with Crippen LogP contribution in [0.3, 0.4) is 0 Å². The molecule has 0 saturated heterocycles. The molecule has 3 rings (SSSR count). The number of nitriles is 1. The maximum Gasteiger partial charge on any atom is 0.142 e. The van der Waals surface area contributed by atoms with Gasteiger partial charge in [0.1, 0.15) is 28.9 Å². The van der Waals surface area contributed by atoms with Crippen LogP contribution in [0.1, 0.15) is 22.6 Å². The Labute approximate surface area is 110 Å². The van der Waals surface area contributed by atoms with Crippen LogP contribution < -0.4 is 0 Å². The Bertz CT molecular complexity index is 818. The lowest BCUT2D eigenvalue weighted by atomic mass is 10.1. The SMILES string of the molecule is Cc1oc(C)c(-c2nc3c(C#N)cccc3[nH]2)c1C. The molecule has 1 aromatic carbocycles. The topological polar surface area (TPSA) is 65.6 Å². The van der Waals surface area contributed by atoms with Crippen molar-refractivity contribution in [2.45, 2.75) is 20.8 Å². The molecule has 0 fully saturated rings. The molecule has 0 aliphatic rings. The monoisotopic (exact) mass is 251 g/mol. The van der Waals surface area contributed by atoms with Gasteiger partial charge >= 0.3 is 0 Å². The molecule has 0 aliphatic heterocycles. The quantitative estimate of drug-likeness (QED) is 0.718. The zero-order chi connectivity index (χ0) is 13.6. The number of imidazole rings is 1. The molecule has 0 radical (unpaired) electrons. The predicted molar refractivity (Wildman–Crippen MR) is 72.7 cm³/mol. The highest BCUT2D eigenvalue weighted by molar-refractivity contribution is 5.85. The Kier molecular flexibility index (Phi) is 2.42. The molecule has 1 N–H and O–H groups in total. The minimum Gasteiger partial charge on any atom is -0.466 e. The third-order valence-corrected chi connectivity index (χ3v) is 3.43. The molecular formula is C15H13N3O. The second-order valence-corrected chi connectivity index (χ2v) is 4.61. The summed E-state index contributed by atoms with van der Waals surface area (Å²) >= 11 is 0. The van der Waals surface area contributed by atoms with Crippen molar-refractivity contribution in [3.05, 3.63) is 40.8 Å². The van der Waals surface area contributed by atoms with Crippen molar-refractivity contribution in [1.29, 1.82) is 5.26 Å². The third-order valence-electron chi connectivity index (χ3n) is 3.43. The lowest BCUT2D eigenvalue weighted by Crippen LogP contribution is -1.84. The number of hydrogen-bond donors (Lipinski definition) is 1. The van der Waals surface area contributed by atoms with Crippen molar-refractivity contribution in [3.63, 3.8) is 0 Å². The number of nitrogens with zero attached hydrogens (tertiary/aromatic N) is 2. The van der Waals surface area contributed by atoms with Gasteiger partial charge in [0.25, 0.3) is 0 Å². The number of para-hydroxylation sites is 1. The molecule has 4 heteroatoms. The van der Waals surface area contributed by atoms with Crippen molar-refractivity contribution < 1.29 is 4.42 Å². The molecule has 2 heterocycles. The summed E-state index contributed by atoms with van der Waals surface area (Å²) in [4.78, 5) is 7.81. The molecule has 0 amide bonds. The Morgan fingerprint density at radius 1 is 1.21 bits per heavy atom. The molecular weight excluding hydrogens is 238 g/mol. The maximum atomic E-state index is 9.11. The number of fused-ring (bicyclic) bond motifs is 1. The molecule has 4 nitrogen and oxygen atoms in total. The summed E-state index contributed by atoms with van der Waals surface area (Å²) in [6.45, 7) is 5.88. The fraction of sp³-hybridized carbons (Fsp3) is 0.200. The highest BCUT2D eigenvalue weighted by atomic mass is 16.3. The van der Waals surface area contributed by atoms with Gasteiger partial charge in [-0.1, -0.05) is 6.07 Å². The van der Waals surface area contributed by atoms with E-state index in [9.17, 15) is 0 Å². The molecule has 19 heavy (non-hydrogen) atoms. The molecule has 94 valence electrons. The van der Waals surface area contributed by atoms with Crippen molar-refractivity contribution in [1.82, 2.24) is 9.97 Å². The maximum absolute atomic E-state index is 9.11. The van der Waals surface area contributed by atoms with Gasteiger partial charge < -0.3 is 9.40 Å². The summed E-state index contributed by atoms with van der Waals surface area (Å²) in [6, 6.07) is 7.71. The number of aromatic nitrogens is 2. The van der Waals surface area contributed by atoms with Crippen LogP contribution in [0, 0.1) is 32.1 Å². The van der Waals surface area contributed by atoms with Crippen LogP contribution in [-0.2, 0) is 0 Å². The smallest absolute Gasteiger partial charge is 0.142 e. The fourth-order valence-electron chi connectivity index (χ4n) is 2.38. The number of hydrogen-bond acceptors (Lipinski definition) is 3. The Balaban J connectivity index is 2.30. The second-order valence-electron chi connectivity index (χ2n) is 4.61. The lowest BCUT2D eigenvalue weighted by molar-refractivity contribution is 0.503. The number of aromatic amines is 1. The van der Waals surface area contributed by atoms with Crippen molar-refractivity contribution in [3.8, 4) is 17.5 Å². The first-order chi connectivity index (χ1) is 9.11.